The summed E-state index contributed by atoms with van der Waals surface area (Å²) >= 11 is 5.66. The van der Waals surface area contributed by atoms with Crippen LogP contribution in [0.25, 0.3) is 0 Å². The Balaban J connectivity index is 2.46. The molecule has 1 aromatic heterocycles. The van der Waals surface area contributed by atoms with Crippen molar-refractivity contribution in [3.63, 3.8) is 0 Å². The maximum absolute atomic E-state index is 13.7. The van der Waals surface area contributed by atoms with Crippen molar-refractivity contribution in [3.05, 3.63) is 52.1 Å². The van der Waals surface area contributed by atoms with Crippen molar-refractivity contribution in [2.45, 2.75) is 13.5 Å². The third kappa shape index (κ3) is 2.79. The summed E-state index contributed by atoms with van der Waals surface area (Å²) in [7, 11) is 0. The Kier molecular flexibility index (Phi) is 4.32. The van der Waals surface area contributed by atoms with Gasteiger partial charge in [-0.25, -0.2) is 4.39 Å². The minimum absolute atomic E-state index is 0.0304. The molecule has 0 spiro atoms. The first kappa shape index (κ1) is 14.4. The van der Waals surface area contributed by atoms with E-state index in [0.29, 0.717) is 16.8 Å². The molecule has 2 aromatic rings. The molecule has 0 radical (unpaired) electrons. The van der Waals surface area contributed by atoms with Crippen LogP contribution in [0.2, 0.25) is 5.02 Å². The molecule has 0 saturated heterocycles. The maximum Gasteiger partial charge on any atom is 0.167 e. The molecule has 104 valence electrons. The number of aromatic nitrogens is 1. The molecular formula is C14H12ClFN2O2. The molecule has 2 rings (SSSR count). The molecule has 0 unspecified atom stereocenters. The third-order valence-corrected chi connectivity index (χ3v) is 3.08. The SMILES string of the molecule is Cc1ncc(CO)c(C=Nc2cccc(Cl)c2F)c1O. The predicted molar refractivity (Wildman–Crippen MR) is 75.2 cm³/mol. The van der Waals surface area contributed by atoms with Crippen LogP contribution in [-0.4, -0.2) is 21.4 Å². The Bertz CT molecular complexity index is 674. The van der Waals surface area contributed by atoms with Crippen molar-refractivity contribution in [3.8, 4) is 5.75 Å². The van der Waals surface area contributed by atoms with Crippen molar-refractivity contribution in [2.24, 2.45) is 4.99 Å². The Labute approximate surface area is 120 Å². The number of pyridine rings is 1. The van der Waals surface area contributed by atoms with E-state index in [1.54, 1.807) is 13.0 Å². The Morgan fingerprint density at radius 1 is 1.45 bits per heavy atom. The van der Waals surface area contributed by atoms with Crippen LogP contribution in [0.5, 0.6) is 5.75 Å². The summed E-state index contributed by atoms with van der Waals surface area (Å²) in [5, 5.41) is 19.1. The molecule has 0 atom stereocenters. The topological polar surface area (TPSA) is 65.7 Å². The van der Waals surface area contributed by atoms with Crippen LogP contribution in [0.15, 0.2) is 29.4 Å². The van der Waals surface area contributed by atoms with E-state index in [1.165, 1.54) is 24.5 Å². The average Bonchev–Trinajstić information content (AvgIpc) is 2.44. The standard InChI is InChI=1S/C14H12ClFN2O2/c1-8-14(20)10(9(7-19)5-17-8)6-18-12-4-2-3-11(15)13(12)16/h2-6,19-20H,7H2,1H3. The number of benzene rings is 1. The van der Waals surface area contributed by atoms with Crippen molar-refractivity contribution in [1.29, 1.82) is 0 Å². The highest BCUT2D eigenvalue weighted by Gasteiger charge is 2.10. The van der Waals surface area contributed by atoms with Crippen LogP contribution < -0.4 is 0 Å². The molecule has 0 fully saturated rings. The second-order valence-electron chi connectivity index (χ2n) is 4.12. The summed E-state index contributed by atoms with van der Waals surface area (Å²) in [6.07, 6.45) is 2.72. The molecule has 0 aliphatic rings. The highest BCUT2D eigenvalue weighted by molar-refractivity contribution is 6.31. The van der Waals surface area contributed by atoms with Crippen LogP contribution >= 0.6 is 11.6 Å². The molecule has 4 nitrogen and oxygen atoms in total. The van der Waals surface area contributed by atoms with Gasteiger partial charge in [-0.3, -0.25) is 9.98 Å². The van der Waals surface area contributed by atoms with Crippen molar-refractivity contribution in [2.75, 3.05) is 0 Å². The molecule has 1 heterocycles. The van der Waals surface area contributed by atoms with Crippen molar-refractivity contribution in [1.82, 2.24) is 4.98 Å². The number of aliphatic hydroxyl groups is 1. The lowest BCUT2D eigenvalue weighted by Gasteiger charge is -2.07. The molecule has 0 bridgehead atoms. The number of hydrogen-bond donors (Lipinski definition) is 2. The van der Waals surface area contributed by atoms with Gasteiger partial charge in [0.2, 0.25) is 0 Å². The molecule has 0 aliphatic carbocycles. The first-order valence-electron chi connectivity index (χ1n) is 5.81. The number of aryl methyl sites for hydroxylation is 1. The fourth-order valence-corrected chi connectivity index (χ4v) is 1.82. The van der Waals surface area contributed by atoms with E-state index < -0.39 is 5.82 Å². The van der Waals surface area contributed by atoms with E-state index in [0.717, 1.165) is 0 Å². The molecule has 20 heavy (non-hydrogen) atoms. The van der Waals surface area contributed by atoms with Gasteiger partial charge in [0.1, 0.15) is 11.4 Å². The van der Waals surface area contributed by atoms with Gasteiger partial charge >= 0.3 is 0 Å². The Morgan fingerprint density at radius 2 is 2.20 bits per heavy atom. The number of halogens is 2. The maximum atomic E-state index is 13.7. The number of aliphatic hydroxyl groups excluding tert-OH is 1. The van der Waals surface area contributed by atoms with E-state index in [4.69, 9.17) is 11.6 Å². The average molecular weight is 295 g/mol. The zero-order valence-electron chi connectivity index (χ0n) is 10.6. The number of nitrogens with zero attached hydrogens (tertiary/aromatic N) is 2. The van der Waals surface area contributed by atoms with Crippen LogP contribution in [0, 0.1) is 12.7 Å². The van der Waals surface area contributed by atoms with Gasteiger partial charge < -0.3 is 10.2 Å². The second-order valence-corrected chi connectivity index (χ2v) is 4.53. The van der Waals surface area contributed by atoms with Gasteiger partial charge in [0.05, 0.1) is 17.3 Å². The fraction of sp³-hybridized carbons (Fsp3) is 0.143. The summed E-state index contributed by atoms with van der Waals surface area (Å²) in [5.41, 5.74) is 1.16. The Morgan fingerprint density at radius 3 is 2.90 bits per heavy atom. The normalized spacial score (nSPS) is 11.2. The van der Waals surface area contributed by atoms with Crippen molar-refractivity contribution >= 4 is 23.5 Å². The summed E-state index contributed by atoms with van der Waals surface area (Å²) in [5.74, 6) is -0.732. The van der Waals surface area contributed by atoms with Gasteiger partial charge in [0.15, 0.2) is 5.82 Å². The van der Waals surface area contributed by atoms with Crippen LogP contribution in [0.4, 0.5) is 10.1 Å². The fourth-order valence-electron chi connectivity index (χ4n) is 1.65. The van der Waals surface area contributed by atoms with E-state index in [1.807, 2.05) is 0 Å². The summed E-state index contributed by atoms with van der Waals surface area (Å²) < 4.78 is 13.7. The van der Waals surface area contributed by atoms with Crippen molar-refractivity contribution < 1.29 is 14.6 Å². The van der Waals surface area contributed by atoms with Gasteiger partial charge in [-0.15, -0.1) is 0 Å². The monoisotopic (exact) mass is 294 g/mol. The zero-order valence-corrected chi connectivity index (χ0v) is 11.4. The summed E-state index contributed by atoms with van der Waals surface area (Å²) in [6.45, 7) is 1.31. The lowest BCUT2D eigenvalue weighted by Crippen LogP contribution is -1.97. The highest BCUT2D eigenvalue weighted by atomic mass is 35.5. The first-order chi connectivity index (χ1) is 9.54. The third-order valence-electron chi connectivity index (χ3n) is 2.79. The summed E-state index contributed by atoms with van der Waals surface area (Å²) in [4.78, 5) is 7.89. The zero-order chi connectivity index (χ0) is 14.7. The summed E-state index contributed by atoms with van der Waals surface area (Å²) in [6, 6.07) is 4.45. The molecular weight excluding hydrogens is 283 g/mol. The lowest BCUT2D eigenvalue weighted by atomic mass is 10.1. The molecule has 2 N–H and O–H groups in total. The number of aromatic hydroxyl groups is 1. The van der Waals surface area contributed by atoms with Crippen LogP contribution in [0.3, 0.4) is 0 Å². The Hall–Kier alpha value is -1.98. The minimum atomic E-state index is -0.638. The van der Waals surface area contributed by atoms with Gasteiger partial charge in [0, 0.05) is 23.5 Å². The minimum Gasteiger partial charge on any atom is -0.505 e. The smallest absolute Gasteiger partial charge is 0.167 e. The lowest BCUT2D eigenvalue weighted by molar-refractivity contribution is 0.280. The molecule has 1 aromatic carbocycles. The molecule has 0 amide bonds. The predicted octanol–water partition coefficient (Wildman–Crippen LogP) is 3.13. The number of rotatable bonds is 3. The van der Waals surface area contributed by atoms with Gasteiger partial charge in [0.25, 0.3) is 0 Å². The van der Waals surface area contributed by atoms with Gasteiger partial charge in [-0.1, -0.05) is 17.7 Å². The molecule has 6 heteroatoms. The highest BCUT2D eigenvalue weighted by Crippen LogP contribution is 2.26. The van der Waals surface area contributed by atoms with Gasteiger partial charge in [-0.05, 0) is 19.1 Å². The number of aliphatic imine (C=N–C) groups is 1. The largest absolute Gasteiger partial charge is 0.505 e. The second kappa shape index (κ2) is 5.98. The van der Waals surface area contributed by atoms with Gasteiger partial charge in [-0.2, -0.15) is 0 Å². The van der Waals surface area contributed by atoms with Crippen LogP contribution in [0.1, 0.15) is 16.8 Å². The van der Waals surface area contributed by atoms with E-state index in [9.17, 15) is 14.6 Å². The first-order valence-corrected chi connectivity index (χ1v) is 6.18. The van der Waals surface area contributed by atoms with E-state index in [-0.39, 0.29) is 23.1 Å². The quantitative estimate of drug-likeness (QED) is 0.855. The van der Waals surface area contributed by atoms with E-state index >= 15 is 0 Å². The van der Waals surface area contributed by atoms with E-state index in [2.05, 4.69) is 9.98 Å². The molecule has 0 saturated carbocycles. The molecule has 0 aliphatic heterocycles. The van der Waals surface area contributed by atoms with Crippen LogP contribution in [-0.2, 0) is 6.61 Å². The number of hydrogen-bond acceptors (Lipinski definition) is 4.